The van der Waals surface area contributed by atoms with Crippen molar-refractivity contribution in [1.82, 2.24) is 0 Å². The molecule has 1 aromatic rings. The van der Waals surface area contributed by atoms with Crippen LogP contribution in [0, 0.1) is 0 Å². The number of anilines is 1. The van der Waals surface area contributed by atoms with Crippen molar-refractivity contribution in [3.05, 3.63) is 24.3 Å². The molecule has 0 radical (unpaired) electrons. The normalized spacial score (nSPS) is 11.2. The van der Waals surface area contributed by atoms with Gasteiger partial charge in [0, 0.05) is 12.8 Å². The van der Waals surface area contributed by atoms with Crippen molar-refractivity contribution in [2.75, 3.05) is 17.7 Å². The number of nitrogens with one attached hydrogen (secondary N) is 1. The summed E-state index contributed by atoms with van der Waals surface area (Å²) in [4.78, 5) is 22.6. The number of amides is 1. The molecule has 0 heterocycles. The van der Waals surface area contributed by atoms with E-state index in [1.165, 1.54) is 0 Å². The van der Waals surface area contributed by atoms with Gasteiger partial charge in [0.2, 0.25) is 5.91 Å². The predicted octanol–water partition coefficient (Wildman–Crippen LogP) is 3.88. The molecule has 0 aliphatic heterocycles. The molecule has 0 bridgehead atoms. The third-order valence-corrected chi connectivity index (χ3v) is 5.06. The van der Waals surface area contributed by atoms with E-state index in [-0.39, 0.29) is 24.7 Å². The molecule has 1 amide bonds. The van der Waals surface area contributed by atoms with Gasteiger partial charge in [0.1, 0.15) is 5.75 Å². The highest BCUT2D eigenvalue weighted by molar-refractivity contribution is 7.85. The van der Waals surface area contributed by atoms with E-state index in [2.05, 4.69) is 5.32 Å². The van der Waals surface area contributed by atoms with Gasteiger partial charge < -0.3 is 15.2 Å². The fourth-order valence-corrected chi connectivity index (χ4v) is 3.31. The Hall–Kier alpha value is -2.13. The molecule has 0 atom stereocenters. The van der Waals surface area contributed by atoms with E-state index in [0.29, 0.717) is 37.1 Å². The first-order valence-corrected chi connectivity index (χ1v) is 11.6. The smallest absolute Gasteiger partial charge is 0.303 e. The Labute approximate surface area is 172 Å². The van der Waals surface area contributed by atoms with Gasteiger partial charge in [-0.05, 0) is 37.8 Å². The molecule has 0 spiro atoms. The van der Waals surface area contributed by atoms with Gasteiger partial charge in [0.15, 0.2) is 0 Å². The maximum absolute atomic E-state index is 12.1. The molecular formula is C20H31NO7S. The number of ether oxygens (including phenoxy) is 1. The van der Waals surface area contributed by atoms with Crippen LogP contribution in [0.4, 0.5) is 5.69 Å². The second kappa shape index (κ2) is 13.9. The Bertz CT molecular complexity index is 734. The SMILES string of the molecule is O=C(O)CCCCCCCCC(=O)Nc1ccccc1OCCCCS(=O)(=O)O. The van der Waals surface area contributed by atoms with Crippen LogP contribution in [-0.2, 0) is 19.7 Å². The molecule has 29 heavy (non-hydrogen) atoms. The molecule has 0 unspecified atom stereocenters. The highest BCUT2D eigenvalue weighted by atomic mass is 32.2. The van der Waals surface area contributed by atoms with Gasteiger partial charge in [-0.3, -0.25) is 14.1 Å². The van der Waals surface area contributed by atoms with Gasteiger partial charge in [-0.1, -0.05) is 37.8 Å². The largest absolute Gasteiger partial charge is 0.491 e. The number of rotatable bonds is 16. The van der Waals surface area contributed by atoms with Crippen LogP contribution in [-0.4, -0.2) is 42.3 Å². The minimum atomic E-state index is -3.95. The van der Waals surface area contributed by atoms with E-state index in [0.717, 1.165) is 32.1 Å². The van der Waals surface area contributed by atoms with E-state index in [1.54, 1.807) is 24.3 Å². The molecule has 8 nitrogen and oxygen atoms in total. The predicted molar refractivity (Wildman–Crippen MR) is 111 cm³/mol. The molecule has 3 N–H and O–H groups in total. The molecule has 0 saturated carbocycles. The Kier molecular flexibility index (Phi) is 12.0. The summed E-state index contributed by atoms with van der Waals surface area (Å²) >= 11 is 0. The number of carboxylic acid groups (broad SMARTS) is 1. The summed E-state index contributed by atoms with van der Waals surface area (Å²) < 4.78 is 35.7. The second-order valence-electron chi connectivity index (χ2n) is 6.90. The number of aliphatic carboxylic acids is 1. The van der Waals surface area contributed by atoms with Crippen LogP contribution >= 0.6 is 0 Å². The van der Waals surface area contributed by atoms with Crippen molar-refractivity contribution in [1.29, 1.82) is 0 Å². The Morgan fingerprint density at radius 1 is 0.897 bits per heavy atom. The number of carbonyl (C=O) groups is 2. The standard InChI is InChI=1S/C20H31NO7S/c22-19(13-5-3-1-2-4-6-14-20(23)24)21-17-11-7-8-12-18(17)28-15-9-10-16-29(25,26)27/h7-8,11-12H,1-6,9-10,13-16H2,(H,21,22)(H,23,24)(H,25,26,27). The van der Waals surface area contributed by atoms with Gasteiger partial charge in [-0.25, -0.2) is 0 Å². The first kappa shape index (κ1) is 24.9. The zero-order valence-electron chi connectivity index (χ0n) is 16.6. The number of hydrogen-bond acceptors (Lipinski definition) is 5. The van der Waals surface area contributed by atoms with Crippen LogP contribution in [0.3, 0.4) is 0 Å². The molecule has 0 fully saturated rings. The summed E-state index contributed by atoms with van der Waals surface area (Å²) in [6.45, 7) is 0.282. The quantitative estimate of drug-likeness (QED) is 0.268. The minimum Gasteiger partial charge on any atom is -0.491 e. The van der Waals surface area contributed by atoms with E-state index in [4.69, 9.17) is 14.4 Å². The van der Waals surface area contributed by atoms with Gasteiger partial charge in [0.05, 0.1) is 18.0 Å². The number of carboxylic acids is 1. The number of hydrogen-bond donors (Lipinski definition) is 3. The third-order valence-electron chi connectivity index (χ3n) is 4.26. The number of benzene rings is 1. The fourth-order valence-electron chi connectivity index (χ4n) is 2.75. The molecule has 164 valence electrons. The van der Waals surface area contributed by atoms with E-state index >= 15 is 0 Å². The summed E-state index contributed by atoms with van der Waals surface area (Å²) in [5.74, 6) is -0.637. The highest BCUT2D eigenvalue weighted by Crippen LogP contribution is 2.24. The zero-order chi connectivity index (χ0) is 21.5. The Morgan fingerprint density at radius 3 is 2.17 bits per heavy atom. The lowest BCUT2D eigenvalue weighted by molar-refractivity contribution is -0.137. The van der Waals surface area contributed by atoms with Crippen molar-refractivity contribution in [3.63, 3.8) is 0 Å². The first-order chi connectivity index (χ1) is 13.8. The summed E-state index contributed by atoms with van der Waals surface area (Å²) in [6.07, 6.45) is 6.62. The van der Waals surface area contributed by atoms with Crippen LogP contribution in [0.25, 0.3) is 0 Å². The molecule has 0 saturated heterocycles. The molecule has 1 rings (SSSR count). The number of para-hydroxylation sites is 2. The number of unbranched alkanes of at least 4 members (excludes halogenated alkanes) is 6. The van der Waals surface area contributed by atoms with Crippen molar-refractivity contribution in [2.45, 2.75) is 64.2 Å². The van der Waals surface area contributed by atoms with Gasteiger partial charge in [0.25, 0.3) is 10.1 Å². The second-order valence-corrected chi connectivity index (χ2v) is 8.47. The highest BCUT2D eigenvalue weighted by Gasteiger charge is 2.08. The van der Waals surface area contributed by atoms with Gasteiger partial charge in [-0.15, -0.1) is 0 Å². The summed E-state index contributed by atoms with van der Waals surface area (Å²) in [5.41, 5.74) is 0.570. The lowest BCUT2D eigenvalue weighted by Crippen LogP contribution is -2.12. The maximum atomic E-state index is 12.1. The molecule has 9 heteroatoms. The van der Waals surface area contributed by atoms with Crippen LogP contribution in [0.1, 0.15) is 64.2 Å². The lowest BCUT2D eigenvalue weighted by Gasteiger charge is -2.12. The minimum absolute atomic E-state index is 0.0988. The zero-order valence-corrected chi connectivity index (χ0v) is 17.5. The van der Waals surface area contributed by atoms with Crippen LogP contribution in [0.15, 0.2) is 24.3 Å². The molecule has 0 aliphatic carbocycles. The van der Waals surface area contributed by atoms with Crippen LogP contribution < -0.4 is 10.1 Å². The van der Waals surface area contributed by atoms with Crippen LogP contribution in [0.2, 0.25) is 0 Å². The summed E-state index contributed by atoms with van der Waals surface area (Å²) in [6, 6.07) is 7.05. The van der Waals surface area contributed by atoms with E-state index in [9.17, 15) is 18.0 Å². The van der Waals surface area contributed by atoms with Crippen molar-refractivity contribution >= 4 is 27.7 Å². The van der Waals surface area contributed by atoms with Crippen LogP contribution in [0.5, 0.6) is 5.75 Å². The monoisotopic (exact) mass is 429 g/mol. The number of carbonyl (C=O) groups excluding carboxylic acids is 1. The average Bonchev–Trinajstić information content (AvgIpc) is 2.63. The Balaban J connectivity index is 2.23. The third kappa shape index (κ3) is 13.6. The van der Waals surface area contributed by atoms with E-state index in [1.807, 2.05) is 0 Å². The molecule has 1 aromatic carbocycles. The van der Waals surface area contributed by atoms with Crippen molar-refractivity contribution in [2.24, 2.45) is 0 Å². The first-order valence-electron chi connectivity index (χ1n) is 9.96. The van der Waals surface area contributed by atoms with Crippen molar-refractivity contribution in [3.8, 4) is 5.75 Å². The summed E-state index contributed by atoms with van der Waals surface area (Å²) in [5, 5.41) is 11.4. The van der Waals surface area contributed by atoms with E-state index < -0.39 is 16.1 Å². The maximum Gasteiger partial charge on any atom is 0.303 e. The molecular weight excluding hydrogens is 398 g/mol. The lowest BCUT2D eigenvalue weighted by atomic mass is 10.1. The topological polar surface area (TPSA) is 130 Å². The van der Waals surface area contributed by atoms with Crippen molar-refractivity contribution < 1.29 is 32.4 Å². The molecule has 0 aliphatic rings. The Morgan fingerprint density at radius 2 is 1.52 bits per heavy atom. The fraction of sp³-hybridized carbons (Fsp3) is 0.600. The summed E-state index contributed by atoms with van der Waals surface area (Å²) in [7, 11) is -3.95. The van der Waals surface area contributed by atoms with Gasteiger partial charge >= 0.3 is 5.97 Å². The average molecular weight is 430 g/mol. The van der Waals surface area contributed by atoms with Gasteiger partial charge in [-0.2, -0.15) is 8.42 Å². The molecule has 0 aromatic heterocycles.